The summed E-state index contributed by atoms with van der Waals surface area (Å²) in [5, 5.41) is 0. The van der Waals surface area contributed by atoms with Crippen LogP contribution >= 0.6 is 0 Å². The summed E-state index contributed by atoms with van der Waals surface area (Å²) in [6, 6.07) is 11.1. The Balaban J connectivity index is 1.24. The molecule has 30 heavy (non-hydrogen) atoms. The highest BCUT2D eigenvalue weighted by Crippen LogP contribution is 2.32. The molecule has 1 saturated heterocycles. The van der Waals surface area contributed by atoms with Gasteiger partial charge in [0.15, 0.2) is 18.1 Å². The quantitative estimate of drug-likeness (QED) is 0.592. The van der Waals surface area contributed by atoms with Crippen LogP contribution in [0, 0.1) is 6.92 Å². The number of hydrogen-bond donors (Lipinski definition) is 1. The Morgan fingerprint density at radius 2 is 1.83 bits per heavy atom. The molecule has 8 heteroatoms. The van der Waals surface area contributed by atoms with Crippen molar-refractivity contribution in [2.75, 3.05) is 45.3 Å². The second kappa shape index (κ2) is 8.62. The molecule has 0 saturated carbocycles. The van der Waals surface area contributed by atoms with E-state index in [1.54, 1.807) is 17.0 Å². The second-order valence-electron chi connectivity index (χ2n) is 7.46. The molecule has 4 rings (SSSR count). The van der Waals surface area contributed by atoms with Crippen LogP contribution in [0.5, 0.6) is 11.5 Å². The molecule has 0 atom stereocenters. The van der Waals surface area contributed by atoms with Gasteiger partial charge in [-0.15, -0.1) is 0 Å². The molecule has 0 aromatic heterocycles. The van der Waals surface area contributed by atoms with Crippen molar-refractivity contribution in [2.24, 2.45) is 0 Å². The number of benzene rings is 2. The van der Waals surface area contributed by atoms with E-state index in [2.05, 4.69) is 4.90 Å². The van der Waals surface area contributed by atoms with E-state index in [9.17, 15) is 9.59 Å². The molecule has 0 bridgehead atoms. The Bertz CT molecular complexity index is 954. The van der Waals surface area contributed by atoms with Crippen molar-refractivity contribution in [3.63, 3.8) is 0 Å². The van der Waals surface area contributed by atoms with Gasteiger partial charge in [0, 0.05) is 38.4 Å². The predicted octanol–water partition coefficient (Wildman–Crippen LogP) is 1.81. The highest BCUT2D eigenvalue weighted by atomic mass is 16.7. The first-order chi connectivity index (χ1) is 14.5. The first-order valence-corrected chi connectivity index (χ1v) is 9.92. The second-order valence-corrected chi connectivity index (χ2v) is 7.46. The number of rotatable bonds is 5. The zero-order chi connectivity index (χ0) is 21.1. The first kappa shape index (κ1) is 20.0. The molecule has 8 nitrogen and oxygen atoms in total. The Morgan fingerprint density at radius 1 is 1.07 bits per heavy atom. The molecule has 2 aliphatic rings. The topological polar surface area (TPSA) is 94.3 Å². The number of esters is 1. The number of piperazine rings is 1. The van der Waals surface area contributed by atoms with Gasteiger partial charge in [-0.1, -0.05) is 18.2 Å². The minimum atomic E-state index is -0.578. The lowest BCUT2D eigenvalue weighted by Gasteiger charge is -2.34. The third kappa shape index (κ3) is 4.33. The number of nitrogen functional groups attached to an aromatic ring is 1. The zero-order valence-electron chi connectivity index (χ0n) is 16.9. The normalized spacial score (nSPS) is 15.8. The van der Waals surface area contributed by atoms with Crippen LogP contribution in [0.15, 0.2) is 36.4 Å². The summed E-state index contributed by atoms with van der Waals surface area (Å²) in [4.78, 5) is 28.7. The molecular formula is C22H25N3O5. The number of aryl methyl sites for hydroxylation is 1. The highest BCUT2D eigenvalue weighted by Gasteiger charge is 2.23. The van der Waals surface area contributed by atoms with E-state index in [0.29, 0.717) is 18.8 Å². The average molecular weight is 411 g/mol. The summed E-state index contributed by atoms with van der Waals surface area (Å²) in [6.45, 7) is 5.26. The van der Waals surface area contributed by atoms with E-state index in [-0.39, 0.29) is 24.9 Å². The summed E-state index contributed by atoms with van der Waals surface area (Å²) in [5.74, 6) is 0.775. The van der Waals surface area contributed by atoms with E-state index in [1.807, 2.05) is 31.2 Å². The molecule has 0 unspecified atom stereocenters. The van der Waals surface area contributed by atoms with E-state index < -0.39 is 5.97 Å². The predicted molar refractivity (Wildman–Crippen MR) is 110 cm³/mol. The van der Waals surface area contributed by atoms with Crippen LogP contribution in [0.2, 0.25) is 0 Å². The smallest absolute Gasteiger partial charge is 0.340 e. The van der Waals surface area contributed by atoms with E-state index in [1.165, 1.54) is 0 Å². The minimum absolute atomic E-state index is 0.197. The SMILES string of the molecule is Cc1cccc(C(=O)OCC(=O)N2CCN(Cc3ccc4c(c3)OCO4)CC2)c1N. The summed E-state index contributed by atoms with van der Waals surface area (Å²) in [6.07, 6.45) is 0. The summed E-state index contributed by atoms with van der Waals surface area (Å²) >= 11 is 0. The zero-order valence-corrected chi connectivity index (χ0v) is 16.9. The standard InChI is InChI=1S/C22H25N3O5/c1-15-3-2-4-17(21(15)23)22(27)28-13-20(26)25-9-7-24(8-10-25)12-16-5-6-18-19(11-16)30-14-29-18/h2-6,11H,7-10,12-14,23H2,1H3. The van der Waals surface area contributed by atoms with Crippen LogP contribution in [-0.2, 0) is 16.1 Å². The molecule has 0 radical (unpaired) electrons. The monoisotopic (exact) mass is 411 g/mol. The molecule has 0 aliphatic carbocycles. The highest BCUT2D eigenvalue weighted by molar-refractivity contribution is 5.96. The molecular weight excluding hydrogens is 386 g/mol. The maximum Gasteiger partial charge on any atom is 0.340 e. The van der Waals surface area contributed by atoms with E-state index >= 15 is 0 Å². The van der Waals surface area contributed by atoms with Crippen molar-refractivity contribution in [1.29, 1.82) is 0 Å². The van der Waals surface area contributed by atoms with Crippen molar-refractivity contribution in [3.8, 4) is 11.5 Å². The number of carbonyl (C=O) groups is 2. The van der Waals surface area contributed by atoms with Crippen molar-refractivity contribution in [1.82, 2.24) is 9.80 Å². The number of nitrogens with two attached hydrogens (primary N) is 1. The molecule has 0 spiro atoms. The molecule has 158 valence electrons. The number of anilines is 1. The number of fused-ring (bicyclic) bond motifs is 1. The fourth-order valence-corrected chi connectivity index (χ4v) is 3.61. The first-order valence-electron chi connectivity index (χ1n) is 9.92. The molecule has 2 aromatic rings. The van der Waals surface area contributed by atoms with Crippen molar-refractivity contribution in [2.45, 2.75) is 13.5 Å². The van der Waals surface area contributed by atoms with Crippen LogP contribution in [0.25, 0.3) is 0 Å². The van der Waals surface area contributed by atoms with Crippen molar-refractivity contribution < 1.29 is 23.8 Å². The molecule has 2 heterocycles. The Kier molecular flexibility index (Phi) is 5.76. The molecule has 2 N–H and O–H groups in total. The van der Waals surface area contributed by atoms with Gasteiger partial charge in [-0.3, -0.25) is 9.69 Å². The van der Waals surface area contributed by atoms with Crippen LogP contribution in [0.4, 0.5) is 5.69 Å². The summed E-state index contributed by atoms with van der Waals surface area (Å²) < 4.78 is 16.0. The lowest BCUT2D eigenvalue weighted by atomic mass is 10.1. The van der Waals surface area contributed by atoms with Crippen LogP contribution in [0.3, 0.4) is 0 Å². The number of ether oxygens (including phenoxy) is 3. The number of hydrogen-bond acceptors (Lipinski definition) is 7. The number of carbonyl (C=O) groups excluding carboxylic acids is 2. The van der Waals surface area contributed by atoms with Crippen molar-refractivity contribution in [3.05, 3.63) is 53.1 Å². The minimum Gasteiger partial charge on any atom is -0.454 e. The van der Waals surface area contributed by atoms with Gasteiger partial charge in [0.2, 0.25) is 6.79 Å². The fraction of sp³-hybridized carbons (Fsp3) is 0.364. The van der Waals surface area contributed by atoms with Gasteiger partial charge in [-0.05, 0) is 36.2 Å². The van der Waals surface area contributed by atoms with Crippen LogP contribution in [0.1, 0.15) is 21.5 Å². The molecule has 1 amide bonds. The Labute approximate surface area is 175 Å². The number of para-hydroxylation sites is 1. The molecule has 1 fully saturated rings. The lowest BCUT2D eigenvalue weighted by Crippen LogP contribution is -2.49. The molecule has 2 aliphatic heterocycles. The number of nitrogens with zero attached hydrogens (tertiary/aromatic N) is 2. The average Bonchev–Trinajstić information content (AvgIpc) is 3.22. The van der Waals surface area contributed by atoms with E-state index in [4.69, 9.17) is 19.9 Å². The Hall–Kier alpha value is -3.26. The van der Waals surface area contributed by atoms with Gasteiger partial charge in [-0.2, -0.15) is 0 Å². The van der Waals surface area contributed by atoms with Gasteiger partial charge < -0.3 is 24.8 Å². The van der Waals surface area contributed by atoms with Crippen LogP contribution in [-0.4, -0.2) is 61.3 Å². The summed E-state index contributed by atoms with van der Waals surface area (Å²) in [5.41, 5.74) is 8.54. The maximum absolute atomic E-state index is 12.4. The Morgan fingerprint density at radius 3 is 2.63 bits per heavy atom. The summed E-state index contributed by atoms with van der Waals surface area (Å²) in [7, 11) is 0. The van der Waals surface area contributed by atoms with E-state index in [0.717, 1.165) is 42.3 Å². The third-order valence-corrected chi connectivity index (χ3v) is 5.44. The van der Waals surface area contributed by atoms with Gasteiger partial charge in [0.1, 0.15) is 0 Å². The lowest BCUT2D eigenvalue weighted by molar-refractivity contribution is -0.136. The van der Waals surface area contributed by atoms with Gasteiger partial charge in [0.25, 0.3) is 5.91 Å². The van der Waals surface area contributed by atoms with Crippen LogP contribution < -0.4 is 15.2 Å². The van der Waals surface area contributed by atoms with Gasteiger partial charge in [-0.25, -0.2) is 4.79 Å². The van der Waals surface area contributed by atoms with Crippen molar-refractivity contribution >= 4 is 17.6 Å². The maximum atomic E-state index is 12.4. The molecule has 2 aromatic carbocycles. The third-order valence-electron chi connectivity index (χ3n) is 5.44. The van der Waals surface area contributed by atoms with Gasteiger partial charge >= 0.3 is 5.97 Å². The largest absolute Gasteiger partial charge is 0.454 e. The van der Waals surface area contributed by atoms with Gasteiger partial charge in [0.05, 0.1) is 5.56 Å². The number of amides is 1. The fourth-order valence-electron chi connectivity index (χ4n) is 3.61.